The molecule has 1 aliphatic rings. The van der Waals surface area contributed by atoms with Crippen molar-refractivity contribution in [2.24, 2.45) is 0 Å². The second-order valence-electron chi connectivity index (χ2n) is 8.40. The molecular weight excluding hydrogens is 531 g/mol. The number of nitrogens with zero attached hydrogens (tertiary/aromatic N) is 2. The lowest BCUT2D eigenvalue weighted by molar-refractivity contribution is -0.127. The molecule has 0 saturated carbocycles. The maximum absolute atomic E-state index is 14.9. The van der Waals surface area contributed by atoms with Crippen LogP contribution < -0.4 is 5.32 Å². The van der Waals surface area contributed by atoms with E-state index >= 15 is 0 Å². The summed E-state index contributed by atoms with van der Waals surface area (Å²) in [4.78, 5) is 17.6. The number of carbonyl (C=O) groups is 1. The van der Waals surface area contributed by atoms with Crippen molar-refractivity contribution in [1.82, 2.24) is 9.88 Å². The third-order valence-electron chi connectivity index (χ3n) is 5.94. The molecule has 0 radical (unpaired) electrons. The summed E-state index contributed by atoms with van der Waals surface area (Å²) in [6, 6.07) is 9.47. The van der Waals surface area contributed by atoms with E-state index in [0.29, 0.717) is 36.8 Å². The normalized spacial score (nSPS) is 14.8. The monoisotopic (exact) mass is 553 g/mol. The summed E-state index contributed by atoms with van der Waals surface area (Å²) >= 11 is 12.3. The maximum atomic E-state index is 14.9. The lowest BCUT2D eigenvalue weighted by atomic mass is 10.0. The number of likely N-dealkylation sites (tertiary alicyclic amines) is 1. The molecule has 2 heterocycles. The van der Waals surface area contributed by atoms with Gasteiger partial charge in [0.2, 0.25) is 5.91 Å². The SMILES string of the molecule is O=C1CCCN1CCCNc1cc(C(c2cc(F)ccc2F)S(=O)(=O)c2ccc(Cl)cc2)c(Cl)cn1. The van der Waals surface area contributed by atoms with Crippen LogP contribution in [0.5, 0.6) is 0 Å². The van der Waals surface area contributed by atoms with E-state index < -0.39 is 26.7 Å². The zero-order valence-corrected chi connectivity index (χ0v) is 21.4. The van der Waals surface area contributed by atoms with Crippen LogP contribution in [-0.4, -0.2) is 43.8 Å². The zero-order chi connectivity index (χ0) is 25.9. The smallest absolute Gasteiger partial charge is 0.222 e. The third kappa shape index (κ3) is 5.79. The number of anilines is 1. The number of pyridine rings is 1. The van der Waals surface area contributed by atoms with Gasteiger partial charge < -0.3 is 10.2 Å². The largest absolute Gasteiger partial charge is 0.370 e. The summed E-state index contributed by atoms with van der Waals surface area (Å²) < 4.78 is 56.5. The molecule has 0 bridgehead atoms. The van der Waals surface area contributed by atoms with Crippen LogP contribution in [0.3, 0.4) is 0 Å². The van der Waals surface area contributed by atoms with E-state index in [1.807, 2.05) is 0 Å². The number of amides is 1. The van der Waals surface area contributed by atoms with Crippen molar-refractivity contribution in [3.05, 3.63) is 87.5 Å². The summed E-state index contributed by atoms with van der Waals surface area (Å²) in [5.74, 6) is -1.23. The van der Waals surface area contributed by atoms with Gasteiger partial charge in [0.25, 0.3) is 0 Å². The first-order chi connectivity index (χ1) is 17.2. The van der Waals surface area contributed by atoms with E-state index in [1.54, 1.807) is 4.90 Å². The van der Waals surface area contributed by atoms with Gasteiger partial charge in [-0.1, -0.05) is 23.2 Å². The van der Waals surface area contributed by atoms with E-state index in [1.165, 1.54) is 36.5 Å². The minimum Gasteiger partial charge on any atom is -0.370 e. The van der Waals surface area contributed by atoms with Crippen molar-refractivity contribution >= 4 is 44.8 Å². The van der Waals surface area contributed by atoms with Crippen molar-refractivity contribution < 1.29 is 22.0 Å². The highest BCUT2D eigenvalue weighted by atomic mass is 35.5. The molecule has 11 heteroatoms. The highest BCUT2D eigenvalue weighted by Crippen LogP contribution is 2.40. The van der Waals surface area contributed by atoms with Crippen LogP contribution in [0.25, 0.3) is 0 Å². The highest BCUT2D eigenvalue weighted by Gasteiger charge is 2.35. The molecule has 4 rings (SSSR count). The first-order valence-corrected chi connectivity index (χ1v) is 13.6. The summed E-state index contributed by atoms with van der Waals surface area (Å²) in [6.45, 7) is 1.79. The standard InChI is InChI=1S/C25H23Cl2F2N3O3S/c26-16-4-7-18(8-5-16)36(34,35)25(20-13-17(28)6-9-22(20)29)19-14-23(31-15-21(19)27)30-10-2-12-32-11-1-3-24(32)33/h4-9,13-15,25H,1-3,10-12H2,(H,30,31). The molecule has 1 aliphatic heterocycles. The summed E-state index contributed by atoms with van der Waals surface area (Å²) in [7, 11) is -4.29. The number of carbonyl (C=O) groups excluding carboxylic acids is 1. The molecule has 2 aromatic carbocycles. The van der Waals surface area contributed by atoms with E-state index in [0.717, 1.165) is 31.2 Å². The van der Waals surface area contributed by atoms with Gasteiger partial charge in [0.05, 0.1) is 9.92 Å². The zero-order valence-electron chi connectivity index (χ0n) is 19.1. The van der Waals surface area contributed by atoms with Crippen molar-refractivity contribution in [3.63, 3.8) is 0 Å². The summed E-state index contributed by atoms with van der Waals surface area (Å²) in [5, 5.41) is 1.75. The van der Waals surface area contributed by atoms with Crippen molar-refractivity contribution in [2.75, 3.05) is 25.0 Å². The van der Waals surface area contributed by atoms with Gasteiger partial charge in [0.15, 0.2) is 9.84 Å². The first-order valence-electron chi connectivity index (χ1n) is 11.3. The van der Waals surface area contributed by atoms with Gasteiger partial charge in [0, 0.05) is 42.8 Å². The average Bonchev–Trinajstić information content (AvgIpc) is 3.25. The summed E-state index contributed by atoms with van der Waals surface area (Å²) in [5.41, 5.74) is -0.333. The Morgan fingerprint density at radius 1 is 1.06 bits per heavy atom. The predicted octanol–water partition coefficient (Wildman–Crippen LogP) is 5.65. The molecule has 1 unspecified atom stereocenters. The van der Waals surface area contributed by atoms with Gasteiger partial charge >= 0.3 is 0 Å². The van der Waals surface area contributed by atoms with Gasteiger partial charge in [-0.25, -0.2) is 22.2 Å². The fourth-order valence-electron chi connectivity index (χ4n) is 4.16. The number of sulfone groups is 1. The van der Waals surface area contributed by atoms with Crippen molar-refractivity contribution in [1.29, 1.82) is 0 Å². The van der Waals surface area contributed by atoms with Crippen LogP contribution in [0.1, 0.15) is 35.6 Å². The Labute approximate surface area is 218 Å². The molecule has 3 aromatic rings. The Morgan fingerprint density at radius 2 is 1.81 bits per heavy atom. The lowest BCUT2D eigenvalue weighted by Crippen LogP contribution is -2.27. The van der Waals surface area contributed by atoms with Crippen LogP contribution in [-0.2, 0) is 14.6 Å². The number of halogens is 4. The maximum Gasteiger partial charge on any atom is 0.222 e. The minimum absolute atomic E-state index is 0.0191. The number of rotatable bonds is 9. The second kappa shape index (κ2) is 11.1. The Balaban J connectivity index is 1.68. The number of hydrogen-bond donors (Lipinski definition) is 1. The van der Waals surface area contributed by atoms with Crippen LogP contribution in [0.4, 0.5) is 14.6 Å². The van der Waals surface area contributed by atoms with Crippen LogP contribution in [0, 0.1) is 11.6 Å². The van der Waals surface area contributed by atoms with Gasteiger partial charge in [-0.15, -0.1) is 0 Å². The molecule has 36 heavy (non-hydrogen) atoms. The fourth-order valence-corrected chi connectivity index (χ4v) is 6.39. The topological polar surface area (TPSA) is 79.4 Å². The Morgan fingerprint density at radius 3 is 2.50 bits per heavy atom. The predicted molar refractivity (Wildman–Crippen MR) is 135 cm³/mol. The second-order valence-corrected chi connectivity index (χ2v) is 11.3. The molecule has 1 aromatic heterocycles. The van der Waals surface area contributed by atoms with Gasteiger partial charge in [-0.2, -0.15) is 0 Å². The van der Waals surface area contributed by atoms with Crippen molar-refractivity contribution in [3.8, 4) is 0 Å². The molecule has 190 valence electrons. The van der Waals surface area contributed by atoms with E-state index in [-0.39, 0.29) is 27.0 Å². The number of benzene rings is 2. The molecule has 1 N–H and O–H groups in total. The molecule has 1 atom stereocenters. The third-order valence-corrected chi connectivity index (χ3v) is 8.57. The lowest BCUT2D eigenvalue weighted by Gasteiger charge is -2.21. The van der Waals surface area contributed by atoms with E-state index in [9.17, 15) is 22.0 Å². The quantitative estimate of drug-likeness (QED) is 0.346. The number of hydrogen-bond acceptors (Lipinski definition) is 5. The fraction of sp³-hybridized carbons (Fsp3) is 0.280. The molecular formula is C25H23Cl2F2N3O3S. The minimum atomic E-state index is -4.29. The van der Waals surface area contributed by atoms with Crippen molar-refractivity contribution in [2.45, 2.75) is 29.4 Å². The molecule has 1 fully saturated rings. The average molecular weight is 554 g/mol. The van der Waals surface area contributed by atoms with Crippen LogP contribution in [0.15, 0.2) is 59.6 Å². The Kier molecular flexibility index (Phi) is 8.12. The molecule has 0 aliphatic carbocycles. The number of aromatic nitrogens is 1. The van der Waals surface area contributed by atoms with Gasteiger partial charge in [0.1, 0.15) is 22.7 Å². The Hall–Kier alpha value is -2.75. The van der Waals surface area contributed by atoms with E-state index in [4.69, 9.17) is 23.2 Å². The first kappa shape index (κ1) is 26.3. The van der Waals surface area contributed by atoms with E-state index in [2.05, 4.69) is 10.3 Å². The number of nitrogens with one attached hydrogen (secondary N) is 1. The summed E-state index contributed by atoms with van der Waals surface area (Å²) in [6.07, 6.45) is 3.34. The van der Waals surface area contributed by atoms with Gasteiger partial charge in [-0.05, 0) is 66.9 Å². The molecule has 1 amide bonds. The Bertz CT molecular complexity index is 1370. The van der Waals surface area contributed by atoms with Gasteiger partial charge in [-0.3, -0.25) is 4.79 Å². The molecule has 0 spiro atoms. The van der Waals surface area contributed by atoms with Crippen LogP contribution in [0.2, 0.25) is 10.0 Å². The molecule has 1 saturated heterocycles. The van der Waals surface area contributed by atoms with Crippen LogP contribution >= 0.6 is 23.2 Å². The highest BCUT2D eigenvalue weighted by molar-refractivity contribution is 7.92. The molecule has 6 nitrogen and oxygen atoms in total.